The highest BCUT2D eigenvalue weighted by molar-refractivity contribution is 5.94. The Morgan fingerprint density at radius 3 is 2.11 bits per heavy atom. The van der Waals surface area contributed by atoms with E-state index in [0.29, 0.717) is 23.4 Å². The van der Waals surface area contributed by atoms with Crippen LogP contribution in [0.5, 0.6) is 0 Å². The van der Waals surface area contributed by atoms with Gasteiger partial charge in [-0.2, -0.15) is 0 Å². The van der Waals surface area contributed by atoms with Gasteiger partial charge >= 0.3 is 0 Å². The number of carbonyl (C=O) groups is 1. The minimum Gasteiger partial charge on any atom is -0.416 e. The van der Waals surface area contributed by atoms with Gasteiger partial charge in [0.2, 0.25) is 11.8 Å². The van der Waals surface area contributed by atoms with Crippen LogP contribution in [0.15, 0.2) is 59.0 Å². The molecule has 0 bridgehead atoms. The van der Waals surface area contributed by atoms with Crippen molar-refractivity contribution in [1.82, 2.24) is 15.1 Å². The number of benzene rings is 2. The van der Waals surface area contributed by atoms with E-state index in [1.165, 1.54) is 19.3 Å². The molecule has 0 saturated heterocycles. The Morgan fingerprint density at radius 2 is 1.48 bits per heavy atom. The van der Waals surface area contributed by atoms with Crippen LogP contribution in [0.3, 0.4) is 0 Å². The molecule has 0 spiro atoms. The topological polar surface area (TPSA) is 59.2 Å². The molecule has 5 heteroatoms. The van der Waals surface area contributed by atoms with Gasteiger partial charge in [0, 0.05) is 29.8 Å². The molecule has 3 aromatic rings. The molecule has 0 unspecified atom stereocenters. The van der Waals surface area contributed by atoms with Gasteiger partial charge in [0.05, 0.1) is 0 Å². The maximum Gasteiger partial charge on any atom is 0.253 e. The summed E-state index contributed by atoms with van der Waals surface area (Å²) in [5.41, 5.74) is 2.38. The molecule has 1 aromatic heterocycles. The number of carbonyl (C=O) groups excluding carboxylic acids is 1. The summed E-state index contributed by atoms with van der Waals surface area (Å²) in [6.07, 6.45) is 5.90. The minimum absolute atomic E-state index is 0.0731. The van der Waals surface area contributed by atoms with Gasteiger partial charge in [0.25, 0.3) is 5.91 Å². The Morgan fingerprint density at radius 1 is 0.889 bits per heavy atom. The predicted octanol–water partition coefficient (Wildman–Crippen LogP) is 4.81. The van der Waals surface area contributed by atoms with Crippen LogP contribution in [-0.2, 0) is 0 Å². The van der Waals surface area contributed by atoms with Crippen LogP contribution in [0.2, 0.25) is 0 Å². The van der Waals surface area contributed by atoms with E-state index in [2.05, 4.69) is 10.2 Å². The fourth-order valence-corrected chi connectivity index (χ4v) is 3.63. The molecule has 5 nitrogen and oxygen atoms in total. The second-order valence-electron chi connectivity index (χ2n) is 7.06. The van der Waals surface area contributed by atoms with Crippen LogP contribution in [0, 0.1) is 0 Å². The number of nitrogens with zero attached hydrogens (tertiary/aromatic N) is 3. The van der Waals surface area contributed by atoms with Crippen LogP contribution < -0.4 is 0 Å². The molecule has 1 heterocycles. The monoisotopic (exact) mass is 361 g/mol. The van der Waals surface area contributed by atoms with E-state index in [9.17, 15) is 4.79 Å². The first-order chi connectivity index (χ1) is 13.2. The maximum atomic E-state index is 12.8. The molecule has 1 amide bonds. The highest BCUT2D eigenvalue weighted by atomic mass is 16.4. The van der Waals surface area contributed by atoms with Crippen molar-refractivity contribution in [3.05, 3.63) is 60.2 Å². The first kappa shape index (κ1) is 17.5. The summed E-state index contributed by atoms with van der Waals surface area (Å²) in [6.45, 7) is 0. The van der Waals surface area contributed by atoms with Gasteiger partial charge in [-0.3, -0.25) is 4.79 Å². The lowest BCUT2D eigenvalue weighted by molar-refractivity contribution is 0.0696. The normalized spacial score (nSPS) is 14.9. The summed E-state index contributed by atoms with van der Waals surface area (Å²) in [7, 11) is 1.91. The zero-order valence-electron chi connectivity index (χ0n) is 15.5. The molecular weight excluding hydrogens is 338 g/mol. The zero-order chi connectivity index (χ0) is 18.6. The summed E-state index contributed by atoms with van der Waals surface area (Å²) in [6, 6.07) is 17.4. The third-order valence-electron chi connectivity index (χ3n) is 5.27. The molecule has 27 heavy (non-hydrogen) atoms. The number of amides is 1. The third kappa shape index (κ3) is 3.77. The molecule has 138 valence electrons. The van der Waals surface area contributed by atoms with Crippen LogP contribution in [0.1, 0.15) is 42.5 Å². The molecule has 1 aliphatic carbocycles. The molecule has 0 atom stereocenters. The summed E-state index contributed by atoms with van der Waals surface area (Å²) in [4.78, 5) is 14.7. The fourth-order valence-electron chi connectivity index (χ4n) is 3.63. The highest BCUT2D eigenvalue weighted by Gasteiger charge is 2.23. The molecule has 1 fully saturated rings. The van der Waals surface area contributed by atoms with Crippen molar-refractivity contribution in [2.75, 3.05) is 7.05 Å². The van der Waals surface area contributed by atoms with Gasteiger partial charge < -0.3 is 9.32 Å². The summed E-state index contributed by atoms with van der Waals surface area (Å²) in [5.74, 6) is 1.01. The lowest BCUT2D eigenvalue weighted by Crippen LogP contribution is -2.38. The quantitative estimate of drug-likeness (QED) is 0.669. The van der Waals surface area contributed by atoms with Gasteiger partial charge in [-0.15, -0.1) is 10.2 Å². The van der Waals surface area contributed by atoms with Crippen molar-refractivity contribution in [2.24, 2.45) is 0 Å². The van der Waals surface area contributed by atoms with E-state index in [1.54, 1.807) is 0 Å². The lowest BCUT2D eigenvalue weighted by atomic mass is 9.94. The van der Waals surface area contributed by atoms with Crippen molar-refractivity contribution in [3.8, 4) is 22.9 Å². The smallest absolute Gasteiger partial charge is 0.253 e. The fraction of sp³-hybridized carbons (Fsp3) is 0.318. The molecule has 2 aromatic carbocycles. The highest BCUT2D eigenvalue weighted by Crippen LogP contribution is 2.25. The van der Waals surface area contributed by atoms with Crippen molar-refractivity contribution in [1.29, 1.82) is 0 Å². The van der Waals surface area contributed by atoms with Crippen LogP contribution in [0.4, 0.5) is 0 Å². The standard InChI is InChI=1S/C22H23N3O2/c1-25(19-10-6-3-7-11-19)22(26)18-14-12-17(13-15-18)21-24-23-20(27-21)16-8-4-2-5-9-16/h2,4-5,8-9,12-15,19H,3,6-7,10-11H2,1H3. The van der Waals surface area contributed by atoms with Crippen molar-refractivity contribution < 1.29 is 9.21 Å². The summed E-state index contributed by atoms with van der Waals surface area (Å²) >= 11 is 0. The Balaban J connectivity index is 1.49. The Hall–Kier alpha value is -2.95. The molecule has 1 aliphatic rings. The summed E-state index contributed by atoms with van der Waals surface area (Å²) in [5, 5.41) is 8.25. The minimum atomic E-state index is 0.0731. The SMILES string of the molecule is CN(C(=O)c1ccc(-c2nnc(-c3ccccc3)o2)cc1)C1CCCCC1. The van der Waals surface area contributed by atoms with E-state index in [4.69, 9.17) is 4.42 Å². The Kier molecular flexibility index (Phi) is 5.01. The second kappa shape index (κ2) is 7.74. The van der Waals surface area contributed by atoms with Crippen LogP contribution in [0.25, 0.3) is 22.9 Å². The van der Waals surface area contributed by atoms with Gasteiger partial charge in [-0.05, 0) is 49.2 Å². The van der Waals surface area contributed by atoms with Crippen molar-refractivity contribution in [3.63, 3.8) is 0 Å². The zero-order valence-corrected chi connectivity index (χ0v) is 15.5. The van der Waals surface area contributed by atoms with E-state index in [-0.39, 0.29) is 5.91 Å². The van der Waals surface area contributed by atoms with Gasteiger partial charge in [-0.1, -0.05) is 37.5 Å². The number of aromatic nitrogens is 2. The van der Waals surface area contributed by atoms with Crippen molar-refractivity contribution in [2.45, 2.75) is 38.1 Å². The van der Waals surface area contributed by atoms with Crippen molar-refractivity contribution >= 4 is 5.91 Å². The van der Waals surface area contributed by atoms with E-state index >= 15 is 0 Å². The Bertz CT molecular complexity index is 897. The van der Waals surface area contributed by atoms with Crippen LogP contribution in [-0.4, -0.2) is 34.1 Å². The molecule has 0 aliphatic heterocycles. The average molecular weight is 361 g/mol. The molecule has 1 saturated carbocycles. The average Bonchev–Trinajstić information content (AvgIpc) is 3.24. The van der Waals surface area contributed by atoms with Gasteiger partial charge in [0.15, 0.2) is 0 Å². The first-order valence-electron chi connectivity index (χ1n) is 9.49. The van der Waals surface area contributed by atoms with E-state index in [0.717, 1.165) is 24.0 Å². The maximum absolute atomic E-state index is 12.8. The third-order valence-corrected chi connectivity index (χ3v) is 5.27. The molecular formula is C22H23N3O2. The van der Waals surface area contributed by atoms with E-state index < -0.39 is 0 Å². The van der Waals surface area contributed by atoms with Gasteiger partial charge in [-0.25, -0.2) is 0 Å². The molecule has 0 N–H and O–H groups in total. The lowest BCUT2D eigenvalue weighted by Gasteiger charge is -2.31. The second-order valence-corrected chi connectivity index (χ2v) is 7.06. The summed E-state index contributed by atoms with van der Waals surface area (Å²) < 4.78 is 5.78. The predicted molar refractivity (Wildman–Crippen MR) is 104 cm³/mol. The van der Waals surface area contributed by atoms with E-state index in [1.807, 2.05) is 66.5 Å². The number of hydrogen-bond acceptors (Lipinski definition) is 4. The van der Waals surface area contributed by atoms with Crippen LogP contribution >= 0.6 is 0 Å². The van der Waals surface area contributed by atoms with Gasteiger partial charge in [0.1, 0.15) is 0 Å². The molecule has 0 radical (unpaired) electrons. The number of rotatable bonds is 4. The first-order valence-corrected chi connectivity index (χ1v) is 9.49. The largest absolute Gasteiger partial charge is 0.416 e. The molecule has 4 rings (SSSR count). The number of hydrogen-bond donors (Lipinski definition) is 0. The Labute approximate surface area is 159 Å².